The number of rotatable bonds is 3. The molecular formula is C10H7BrN4O4. The largest absolute Gasteiger partial charge is 0.476 e. The van der Waals surface area contributed by atoms with Gasteiger partial charge >= 0.3 is 5.97 Å². The van der Waals surface area contributed by atoms with Crippen molar-refractivity contribution in [2.45, 2.75) is 6.92 Å². The van der Waals surface area contributed by atoms with Gasteiger partial charge in [-0.05, 0) is 22.9 Å². The van der Waals surface area contributed by atoms with E-state index in [2.05, 4.69) is 25.9 Å². The van der Waals surface area contributed by atoms with E-state index in [-0.39, 0.29) is 11.4 Å². The smallest absolute Gasteiger partial charge is 0.356 e. The summed E-state index contributed by atoms with van der Waals surface area (Å²) in [6.07, 6.45) is 3.68. The van der Waals surface area contributed by atoms with Crippen LogP contribution in [0.25, 0.3) is 5.82 Å². The second-order valence-electron chi connectivity index (χ2n) is 3.63. The zero-order valence-electron chi connectivity index (χ0n) is 9.57. The number of hydrogen-bond donors (Lipinski definition) is 1. The molecule has 8 nitrogen and oxygen atoms in total. The number of aromatic nitrogens is 3. The van der Waals surface area contributed by atoms with Gasteiger partial charge < -0.3 is 5.11 Å². The summed E-state index contributed by atoms with van der Waals surface area (Å²) in [5.41, 5.74) is 0.152. The molecule has 2 aromatic heterocycles. The predicted octanol–water partition coefficient (Wildman–Crippen LogP) is 1.94. The van der Waals surface area contributed by atoms with E-state index in [1.54, 1.807) is 6.92 Å². The molecule has 0 saturated heterocycles. The highest BCUT2D eigenvalue weighted by Gasteiger charge is 2.19. The number of hydrogen-bond acceptors (Lipinski definition) is 5. The Kier molecular flexibility index (Phi) is 3.30. The lowest BCUT2D eigenvalue weighted by molar-refractivity contribution is -0.385. The SMILES string of the molecule is Cc1c([N+](=O)[O-])cnc(-n2cnc(C(=O)O)c2)c1Br. The van der Waals surface area contributed by atoms with E-state index in [9.17, 15) is 14.9 Å². The molecule has 98 valence electrons. The maximum absolute atomic E-state index is 10.8. The van der Waals surface area contributed by atoms with Gasteiger partial charge in [0, 0.05) is 11.8 Å². The summed E-state index contributed by atoms with van der Waals surface area (Å²) in [6, 6.07) is 0. The fraction of sp³-hybridized carbons (Fsp3) is 0.100. The zero-order valence-corrected chi connectivity index (χ0v) is 11.2. The molecule has 0 aromatic carbocycles. The summed E-state index contributed by atoms with van der Waals surface area (Å²) in [5.74, 6) is -0.823. The van der Waals surface area contributed by atoms with Crippen molar-refractivity contribution in [2.75, 3.05) is 0 Å². The van der Waals surface area contributed by atoms with Crippen LogP contribution >= 0.6 is 15.9 Å². The molecular weight excluding hydrogens is 320 g/mol. The van der Waals surface area contributed by atoms with Crippen LogP contribution < -0.4 is 0 Å². The Hall–Kier alpha value is -2.29. The molecule has 0 atom stereocenters. The number of halogens is 1. The Labute approximate surface area is 115 Å². The van der Waals surface area contributed by atoms with Crippen molar-refractivity contribution in [3.05, 3.63) is 44.6 Å². The summed E-state index contributed by atoms with van der Waals surface area (Å²) in [6.45, 7) is 1.57. The van der Waals surface area contributed by atoms with Crippen LogP contribution in [0.5, 0.6) is 0 Å². The van der Waals surface area contributed by atoms with Crippen LogP contribution in [0.2, 0.25) is 0 Å². The highest BCUT2D eigenvalue weighted by atomic mass is 79.9. The molecule has 0 aliphatic heterocycles. The van der Waals surface area contributed by atoms with E-state index in [4.69, 9.17) is 5.11 Å². The third-order valence-corrected chi connectivity index (χ3v) is 3.41. The Morgan fingerprint density at radius 3 is 2.74 bits per heavy atom. The van der Waals surface area contributed by atoms with Crippen molar-refractivity contribution in [3.63, 3.8) is 0 Å². The monoisotopic (exact) mass is 326 g/mol. The van der Waals surface area contributed by atoms with E-state index < -0.39 is 10.9 Å². The predicted molar refractivity (Wildman–Crippen MR) is 67.4 cm³/mol. The molecule has 19 heavy (non-hydrogen) atoms. The highest BCUT2D eigenvalue weighted by Crippen LogP contribution is 2.29. The molecule has 0 unspecified atom stereocenters. The number of pyridine rings is 1. The van der Waals surface area contributed by atoms with Crippen LogP contribution in [-0.2, 0) is 0 Å². The molecule has 0 bridgehead atoms. The Morgan fingerprint density at radius 1 is 1.53 bits per heavy atom. The molecule has 1 N–H and O–H groups in total. The number of nitro groups is 1. The molecule has 2 rings (SSSR count). The number of aromatic carboxylic acids is 1. The lowest BCUT2D eigenvalue weighted by Crippen LogP contribution is -2.01. The molecule has 0 saturated carbocycles. The van der Waals surface area contributed by atoms with Crippen molar-refractivity contribution < 1.29 is 14.8 Å². The Bertz CT molecular complexity index is 682. The van der Waals surface area contributed by atoms with Crippen molar-refractivity contribution in [1.82, 2.24) is 14.5 Å². The molecule has 2 heterocycles. The first-order valence-corrected chi connectivity index (χ1v) is 5.78. The summed E-state index contributed by atoms with van der Waals surface area (Å²) in [5, 5.41) is 19.6. The zero-order chi connectivity index (χ0) is 14.2. The van der Waals surface area contributed by atoms with Gasteiger partial charge in [-0.2, -0.15) is 0 Å². The summed E-state index contributed by atoms with van der Waals surface area (Å²) in [7, 11) is 0. The molecule has 2 aromatic rings. The standard InChI is InChI=1S/C10H7BrN4O4/c1-5-7(15(18)19)2-12-9(8(5)11)14-3-6(10(16)17)13-4-14/h2-4H,1H3,(H,16,17). The van der Waals surface area contributed by atoms with E-state index in [1.807, 2.05) is 0 Å². The fourth-order valence-corrected chi connectivity index (χ4v) is 1.98. The normalized spacial score (nSPS) is 10.4. The van der Waals surface area contributed by atoms with Gasteiger partial charge in [-0.15, -0.1) is 0 Å². The minimum absolute atomic E-state index is 0.116. The van der Waals surface area contributed by atoms with Crippen LogP contribution in [0, 0.1) is 17.0 Å². The number of carboxylic acids is 1. The van der Waals surface area contributed by atoms with E-state index >= 15 is 0 Å². The molecule has 0 fully saturated rings. The van der Waals surface area contributed by atoms with Crippen molar-refractivity contribution in [1.29, 1.82) is 0 Å². The van der Waals surface area contributed by atoms with Crippen molar-refractivity contribution >= 4 is 27.6 Å². The first-order chi connectivity index (χ1) is 8.91. The Morgan fingerprint density at radius 2 is 2.21 bits per heavy atom. The Balaban J connectivity index is 2.54. The van der Waals surface area contributed by atoms with Gasteiger partial charge in [0.2, 0.25) is 0 Å². The lowest BCUT2D eigenvalue weighted by atomic mass is 10.2. The first-order valence-electron chi connectivity index (χ1n) is 4.99. The summed E-state index contributed by atoms with van der Waals surface area (Å²) >= 11 is 3.22. The van der Waals surface area contributed by atoms with Crippen LogP contribution in [0.4, 0.5) is 5.69 Å². The fourth-order valence-electron chi connectivity index (χ4n) is 1.47. The second kappa shape index (κ2) is 4.76. The number of carboxylic acid groups (broad SMARTS) is 1. The minimum Gasteiger partial charge on any atom is -0.476 e. The molecule has 9 heteroatoms. The van der Waals surface area contributed by atoms with Crippen LogP contribution in [0.15, 0.2) is 23.2 Å². The average molecular weight is 327 g/mol. The third kappa shape index (κ3) is 2.32. The molecule has 0 radical (unpaired) electrons. The molecule has 0 amide bonds. The average Bonchev–Trinajstić information content (AvgIpc) is 2.81. The van der Waals surface area contributed by atoms with Crippen molar-refractivity contribution in [2.24, 2.45) is 0 Å². The van der Waals surface area contributed by atoms with Gasteiger partial charge in [0.05, 0.1) is 9.40 Å². The van der Waals surface area contributed by atoms with Gasteiger partial charge in [0.25, 0.3) is 5.69 Å². The van der Waals surface area contributed by atoms with Gasteiger partial charge in [0.1, 0.15) is 12.5 Å². The maximum atomic E-state index is 10.8. The van der Waals surface area contributed by atoms with E-state index in [0.717, 1.165) is 6.20 Å². The number of nitrogens with zero attached hydrogens (tertiary/aromatic N) is 4. The van der Waals surface area contributed by atoms with Gasteiger partial charge in [-0.25, -0.2) is 14.8 Å². The van der Waals surface area contributed by atoms with Crippen molar-refractivity contribution in [3.8, 4) is 5.82 Å². The second-order valence-corrected chi connectivity index (χ2v) is 4.43. The topological polar surface area (TPSA) is 111 Å². The molecule has 0 aliphatic carbocycles. The van der Waals surface area contributed by atoms with Gasteiger partial charge in [-0.3, -0.25) is 14.7 Å². The number of imidazole rings is 1. The quantitative estimate of drug-likeness (QED) is 0.681. The third-order valence-electron chi connectivity index (χ3n) is 2.46. The van der Waals surface area contributed by atoms with Gasteiger partial charge in [-0.1, -0.05) is 0 Å². The highest BCUT2D eigenvalue weighted by molar-refractivity contribution is 9.10. The minimum atomic E-state index is -1.16. The molecule has 0 spiro atoms. The summed E-state index contributed by atoms with van der Waals surface area (Å²) in [4.78, 5) is 28.6. The maximum Gasteiger partial charge on any atom is 0.356 e. The van der Waals surface area contributed by atoms with Crippen LogP contribution in [0.3, 0.4) is 0 Å². The van der Waals surface area contributed by atoms with Gasteiger partial charge in [0.15, 0.2) is 11.5 Å². The molecule has 0 aliphatic rings. The van der Waals surface area contributed by atoms with Crippen LogP contribution in [-0.4, -0.2) is 30.5 Å². The lowest BCUT2D eigenvalue weighted by Gasteiger charge is -2.06. The summed E-state index contributed by atoms with van der Waals surface area (Å²) < 4.78 is 1.79. The van der Waals surface area contributed by atoms with E-state index in [1.165, 1.54) is 17.1 Å². The number of carbonyl (C=O) groups is 1. The van der Waals surface area contributed by atoms with Crippen LogP contribution in [0.1, 0.15) is 16.1 Å². The first kappa shape index (κ1) is 13.1. The van der Waals surface area contributed by atoms with E-state index in [0.29, 0.717) is 15.9 Å².